The molecule has 0 radical (unpaired) electrons. The van der Waals surface area contributed by atoms with Gasteiger partial charge in [-0.3, -0.25) is 4.79 Å². The zero-order chi connectivity index (χ0) is 20.7. The second-order valence-corrected chi connectivity index (χ2v) is 8.43. The van der Waals surface area contributed by atoms with Gasteiger partial charge in [0.1, 0.15) is 11.5 Å². The summed E-state index contributed by atoms with van der Waals surface area (Å²) >= 11 is 0. The van der Waals surface area contributed by atoms with E-state index in [-0.39, 0.29) is 23.3 Å². The van der Waals surface area contributed by atoms with Crippen molar-refractivity contribution in [3.05, 3.63) is 48.5 Å². The van der Waals surface area contributed by atoms with E-state index in [4.69, 9.17) is 9.47 Å². The zero-order valence-electron chi connectivity index (χ0n) is 16.5. The van der Waals surface area contributed by atoms with Crippen LogP contribution in [0.1, 0.15) is 13.8 Å². The molecule has 0 saturated heterocycles. The van der Waals surface area contributed by atoms with Crippen molar-refractivity contribution >= 4 is 21.6 Å². The molecule has 0 atom stereocenters. The van der Waals surface area contributed by atoms with Gasteiger partial charge in [-0.2, -0.15) is 0 Å². The Kier molecular flexibility index (Phi) is 7.42. The molecule has 7 nitrogen and oxygen atoms in total. The lowest BCUT2D eigenvalue weighted by Gasteiger charge is -2.18. The Labute approximate surface area is 166 Å². The highest BCUT2D eigenvalue weighted by Crippen LogP contribution is 2.20. The van der Waals surface area contributed by atoms with E-state index in [1.54, 1.807) is 38.4 Å². The van der Waals surface area contributed by atoms with Gasteiger partial charge in [0.25, 0.3) is 5.91 Å². The lowest BCUT2D eigenvalue weighted by atomic mass is 10.2. The molecule has 0 aliphatic carbocycles. The van der Waals surface area contributed by atoms with Crippen molar-refractivity contribution in [3.8, 4) is 11.5 Å². The van der Waals surface area contributed by atoms with E-state index in [2.05, 4.69) is 4.72 Å². The summed E-state index contributed by atoms with van der Waals surface area (Å²) in [4.78, 5) is 14.0. The molecule has 0 saturated carbocycles. The summed E-state index contributed by atoms with van der Waals surface area (Å²) in [5, 5.41) is 0. The molecule has 0 aliphatic heterocycles. The van der Waals surface area contributed by atoms with E-state index in [1.165, 1.54) is 29.2 Å². The molecular weight excluding hydrogens is 380 g/mol. The Hall–Kier alpha value is -2.58. The number of hydrogen-bond donors (Lipinski definition) is 1. The van der Waals surface area contributed by atoms with Gasteiger partial charge in [0.05, 0.1) is 12.0 Å². The first kappa shape index (κ1) is 21.7. The quantitative estimate of drug-likeness (QED) is 0.692. The standard InChI is InChI=1S/C20H26N2O5S/c1-15(2)13-21-28(24,25)19-10-8-17(9-11-19)27-14-20(23)22(3)16-6-5-7-18(12-16)26-4/h5-12,15,21H,13-14H2,1-4H3. The maximum Gasteiger partial charge on any atom is 0.264 e. The number of nitrogens with one attached hydrogen (secondary N) is 1. The third-order valence-electron chi connectivity index (χ3n) is 3.99. The van der Waals surface area contributed by atoms with Gasteiger partial charge in [-0.1, -0.05) is 19.9 Å². The van der Waals surface area contributed by atoms with Gasteiger partial charge < -0.3 is 14.4 Å². The van der Waals surface area contributed by atoms with Crippen LogP contribution in [0, 0.1) is 5.92 Å². The Morgan fingerprint density at radius 2 is 1.79 bits per heavy atom. The lowest BCUT2D eigenvalue weighted by molar-refractivity contribution is -0.120. The molecule has 2 aromatic carbocycles. The molecular formula is C20H26N2O5S. The van der Waals surface area contributed by atoms with E-state index in [0.717, 1.165) is 0 Å². The minimum Gasteiger partial charge on any atom is -0.497 e. The maximum absolute atomic E-state index is 12.3. The fourth-order valence-electron chi connectivity index (χ4n) is 2.28. The molecule has 0 aromatic heterocycles. The second kappa shape index (κ2) is 9.57. The van der Waals surface area contributed by atoms with Gasteiger partial charge in [0, 0.05) is 25.3 Å². The molecule has 2 rings (SSSR count). The molecule has 0 heterocycles. The van der Waals surface area contributed by atoms with E-state index < -0.39 is 10.0 Å². The average molecular weight is 407 g/mol. The molecule has 0 spiro atoms. The van der Waals surface area contributed by atoms with Gasteiger partial charge in [-0.25, -0.2) is 13.1 Å². The van der Waals surface area contributed by atoms with Crippen LogP contribution >= 0.6 is 0 Å². The molecule has 0 aliphatic rings. The molecule has 0 fully saturated rings. The highest BCUT2D eigenvalue weighted by Gasteiger charge is 2.15. The van der Waals surface area contributed by atoms with Crippen molar-refractivity contribution in [1.29, 1.82) is 0 Å². The molecule has 152 valence electrons. The molecule has 1 amide bonds. The van der Waals surface area contributed by atoms with Crippen molar-refractivity contribution < 1.29 is 22.7 Å². The summed E-state index contributed by atoms with van der Waals surface area (Å²) in [5.41, 5.74) is 0.686. The number of carbonyl (C=O) groups excluding carboxylic acids is 1. The van der Waals surface area contributed by atoms with Crippen molar-refractivity contribution in [2.24, 2.45) is 5.92 Å². The van der Waals surface area contributed by atoms with E-state index in [0.29, 0.717) is 23.7 Å². The van der Waals surface area contributed by atoms with Gasteiger partial charge in [0.2, 0.25) is 10.0 Å². The van der Waals surface area contributed by atoms with Crippen LogP contribution in [-0.4, -0.2) is 41.6 Å². The normalized spacial score (nSPS) is 11.3. The fourth-order valence-corrected chi connectivity index (χ4v) is 3.49. The highest BCUT2D eigenvalue weighted by molar-refractivity contribution is 7.89. The van der Waals surface area contributed by atoms with E-state index in [1.807, 2.05) is 13.8 Å². The smallest absolute Gasteiger partial charge is 0.264 e. The fraction of sp³-hybridized carbons (Fsp3) is 0.350. The number of ether oxygens (including phenoxy) is 2. The molecule has 28 heavy (non-hydrogen) atoms. The summed E-state index contributed by atoms with van der Waals surface area (Å²) in [7, 11) is -0.341. The summed E-state index contributed by atoms with van der Waals surface area (Å²) in [6, 6.07) is 13.1. The first-order valence-corrected chi connectivity index (χ1v) is 10.3. The third kappa shape index (κ3) is 5.97. The monoisotopic (exact) mass is 406 g/mol. The van der Waals surface area contributed by atoms with Crippen LogP contribution in [0.25, 0.3) is 0 Å². The predicted octanol–water partition coefficient (Wildman–Crippen LogP) is 2.67. The average Bonchev–Trinajstić information content (AvgIpc) is 2.70. The number of amides is 1. The van der Waals surface area contributed by atoms with Crippen molar-refractivity contribution in [2.45, 2.75) is 18.7 Å². The number of benzene rings is 2. The van der Waals surface area contributed by atoms with Gasteiger partial charge in [-0.05, 0) is 42.3 Å². The zero-order valence-corrected chi connectivity index (χ0v) is 17.3. The number of carbonyl (C=O) groups is 1. The number of hydrogen-bond acceptors (Lipinski definition) is 5. The third-order valence-corrected chi connectivity index (χ3v) is 5.43. The van der Waals surface area contributed by atoms with Crippen molar-refractivity contribution in [1.82, 2.24) is 4.72 Å². The largest absolute Gasteiger partial charge is 0.497 e. The number of methoxy groups -OCH3 is 1. The summed E-state index contributed by atoms with van der Waals surface area (Å²) in [5.74, 6) is 1.03. The summed E-state index contributed by atoms with van der Waals surface area (Å²) in [6.07, 6.45) is 0. The maximum atomic E-state index is 12.3. The minimum absolute atomic E-state index is 0.153. The number of anilines is 1. The van der Waals surface area contributed by atoms with Crippen LogP contribution in [0.2, 0.25) is 0 Å². The van der Waals surface area contributed by atoms with Crippen LogP contribution in [0.5, 0.6) is 11.5 Å². The van der Waals surface area contributed by atoms with E-state index >= 15 is 0 Å². The molecule has 8 heteroatoms. The molecule has 0 bridgehead atoms. The first-order chi connectivity index (χ1) is 13.2. The predicted molar refractivity (Wildman–Crippen MR) is 108 cm³/mol. The van der Waals surface area contributed by atoms with Crippen LogP contribution in [0.3, 0.4) is 0 Å². The second-order valence-electron chi connectivity index (χ2n) is 6.66. The lowest BCUT2D eigenvalue weighted by Crippen LogP contribution is -2.31. The van der Waals surface area contributed by atoms with Crippen molar-refractivity contribution in [2.75, 3.05) is 32.2 Å². The van der Waals surface area contributed by atoms with Crippen LogP contribution in [0.4, 0.5) is 5.69 Å². The highest BCUT2D eigenvalue weighted by atomic mass is 32.2. The number of rotatable bonds is 9. The Morgan fingerprint density at radius 1 is 1.11 bits per heavy atom. The number of likely N-dealkylation sites (N-methyl/N-ethyl adjacent to an activating group) is 1. The topological polar surface area (TPSA) is 84.9 Å². The Morgan fingerprint density at radius 3 is 2.39 bits per heavy atom. The molecule has 2 aromatic rings. The molecule has 0 unspecified atom stereocenters. The Balaban J connectivity index is 1.96. The Bertz CT molecular complexity index is 895. The molecule has 1 N–H and O–H groups in total. The van der Waals surface area contributed by atoms with Gasteiger partial charge >= 0.3 is 0 Å². The first-order valence-electron chi connectivity index (χ1n) is 8.86. The number of sulfonamides is 1. The van der Waals surface area contributed by atoms with Crippen LogP contribution in [0.15, 0.2) is 53.4 Å². The summed E-state index contributed by atoms with van der Waals surface area (Å²) < 4.78 is 37.6. The minimum atomic E-state index is -3.55. The number of nitrogens with zero attached hydrogens (tertiary/aromatic N) is 1. The SMILES string of the molecule is COc1cccc(N(C)C(=O)COc2ccc(S(=O)(=O)NCC(C)C)cc2)c1. The van der Waals surface area contributed by atoms with E-state index in [9.17, 15) is 13.2 Å². The van der Waals surface area contributed by atoms with Crippen molar-refractivity contribution in [3.63, 3.8) is 0 Å². The van der Waals surface area contributed by atoms with Gasteiger partial charge in [-0.15, -0.1) is 0 Å². The summed E-state index contributed by atoms with van der Waals surface area (Å²) in [6.45, 7) is 4.05. The van der Waals surface area contributed by atoms with Crippen LogP contribution in [-0.2, 0) is 14.8 Å². The van der Waals surface area contributed by atoms with Gasteiger partial charge in [0.15, 0.2) is 6.61 Å². The van der Waals surface area contributed by atoms with Crippen LogP contribution < -0.4 is 19.1 Å².